The Bertz CT molecular complexity index is 1470. The summed E-state index contributed by atoms with van der Waals surface area (Å²) < 4.78 is 23.2. The average Bonchev–Trinajstić information content (AvgIpc) is 3.43. The van der Waals surface area contributed by atoms with Crippen LogP contribution in [-0.4, -0.2) is 56.1 Å². The van der Waals surface area contributed by atoms with Crippen LogP contribution in [0.15, 0.2) is 36.7 Å². The maximum absolute atomic E-state index is 15.0. The number of benzene rings is 1. The summed E-state index contributed by atoms with van der Waals surface area (Å²) in [6, 6.07) is 7.65. The molecule has 0 aliphatic carbocycles. The van der Waals surface area contributed by atoms with Crippen molar-refractivity contribution in [3.8, 4) is 17.0 Å². The van der Waals surface area contributed by atoms with Gasteiger partial charge in [-0.3, -0.25) is 0 Å². The maximum Gasteiger partial charge on any atom is 0.229 e. The van der Waals surface area contributed by atoms with Crippen molar-refractivity contribution in [2.45, 2.75) is 52.0 Å². The predicted octanol–water partition coefficient (Wildman–Crippen LogP) is 5.48. The van der Waals surface area contributed by atoms with E-state index in [-0.39, 0.29) is 17.2 Å². The molecule has 0 bridgehead atoms. The topological polar surface area (TPSA) is 81.0 Å². The third-order valence-corrected chi connectivity index (χ3v) is 7.90. The Morgan fingerprint density at radius 2 is 1.92 bits per heavy atom. The van der Waals surface area contributed by atoms with Crippen LogP contribution in [0.1, 0.15) is 44.5 Å². The molecule has 0 amide bonds. The van der Waals surface area contributed by atoms with Gasteiger partial charge in [-0.05, 0) is 95.9 Å². The lowest BCUT2D eigenvalue weighted by Crippen LogP contribution is -2.32. The molecule has 9 heteroatoms. The van der Waals surface area contributed by atoms with Gasteiger partial charge in [0.15, 0.2) is 5.82 Å². The van der Waals surface area contributed by atoms with Crippen LogP contribution < -0.4 is 10.1 Å². The molecule has 198 valence electrons. The van der Waals surface area contributed by atoms with Crippen LogP contribution in [0.3, 0.4) is 0 Å². The summed E-state index contributed by atoms with van der Waals surface area (Å²) in [4.78, 5) is 20.3. The number of imidazole rings is 1. The Hall–Kier alpha value is -3.59. The summed E-state index contributed by atoms with van der Waals surface area (Å²) in [5.41, 5.74) is 3.90. The van der Waals surface area contributed by atoms with E-state index in [4.69, 9.17) is 9.72 Å². The fourth-order valence-corrected chi connectivity index (χ4v) is 5.63. The van der Waals surface area contributed by atoms with Gasteiger partial charge in [-0.1, -0.05) is 0 Å². The number of hydrogen-bond donors (Lipinski definition) is 1. The number of ether oxygens (including phenoxy) is 1. The number of aromatic nitrogens is 5. The van der Waals surface area contributed by atoms with Crippen molar-refractivity contribution in [3.63, 3.8) is 0 Å². The van der Waals surface area contributed by atoms with Crippen LogP contribution in [0, 0.1) is 18.7 Å². The Morgan fingerprint density at radius 1 is 1.11 bits per heavy atom. The normalized spacial score (nSPS) is 17.6. The van der Waals surface area contributed by atoms with Gasteiger partial charge in [0.25, 0.3) is 0 Å². The van der Waals surface area contributed by atoms with Crippen molar-refractivity contribution in [2.24, 2.45) is 5.92 Å². The zero-order valence-electron chi connectivity index (χ0n) is 22.5. The third kappa shape index (κ3) is 4.71. The highest BCUT2D eigenvalue weighted by Gasteiger charge is 2.32. The smallest absolute Gasteiger partial charge is 0.229 e. The minimum absolute atomic E-state index is 0.0270. The largest absolute Gasteiger partial charge is 0.492 e. The van der Waals surface area contributed by atoms with E-state index in [1.54, 1.807) is 6.20 Å². The van der Waals surface area contributed by atoms with E-state index < -0.39 is 5.82 Å². The second-order valence-corrected chi connectivity index (χ2v) is 11.3. The van der Waals surface area contributed by atoms with Crippen LogP contribution in [0.4, 0.5) is 16.2 Å². The number of nitrogens with zero attached hydrogens (tertiary/aromatic N) is 6. The molecule has 2 aliphatic rings. The van der Waals surface area contributed by atoms with Crippen molar-refractivity contribution in [1.82, 2.24) is 29.4 Å². The molecule has 0 spiro atoms. The number of likely N-dealkylation sites (tertiary alicyclic amines) is 1. The molecule has 38 heavy (non-hydrogen) atoms. The van der Waals surface area contributed by atoms with Crippen LogP contribution in [0.2, 0.25) is 0 Å². The van der Waals surface area contributed by atoms with E-state index >= 15 is 0 Å². The second kappa shape index (κ2) is 9.62. The van der Waals surface area contributed by atoms with Crippen molar-refractivity contribution in [3.05, 3.63) is 53.9 Å². The zero-order valence-corrected chi connectivity index (χ0v) is 22.5. The molecular formula is C29H34FN7O. The van der Waals surface area contributed by atoms with Gasteiger partial charge in [-0.25, -0.2) is 24.3 Å². The van der Waals surface area contributed by atoms with Gasteiger partial charge in [0.2, 0.25) is 5.95 Å². The van der Waals surface area contributed by atoms with Gasteiger partial charge in [0.05, 0.1) is 30.0 Å². The number of anilines is 2. The molecule has 1 aromatic carbocycles. The molecule has 5 heterocycles. The van der Waals surface area contributed by atoms with E-state index in [1.165, 1.54) is 6.20 Å². The van der Waals surface area contributed by atoms with E-state index in [0.29, 0.717) is 23.9 Å². The van der Waals surface area contributed by atoms with Crippen molar-refractivity contribution >= 4 is 22.8 Å². The van der Waals surface area contributed by atoms with Gasteiger partial charge in [-0.2, -0.15) is 0 Å². The minimum atomic E-state index is -0.472. The molecule has 0 radical (unpaired) electrons. The predicted molar refractivity (Wildman–Crippen MR) is 146 cm³/mol. The van der Waals surface area contributed by atoms with E-state index in [2.05, 4.69) is 50.6 Å². The molecule has 0 saturated carbocycles. The summed E-state index contributed by atoms with van der Waals surface area (Å²) in [5, 5.41) is 3.10. The van der Waals surface area contributed by atoms with E-state index in [9.17, 15) is 4.39 Å². The lowest BCUT2D eigenvalue weighted by Gasteiger charge is -2.28. The van der Waals surface area contributed by atoms with Crippen molar-refractivity contribution < 1.29 is 9.13 Å². The first-order valence-corrected chi connectivity index (χ1v) is 13.4. The monoisotopic (exact) mass is 515 g/mol. The fraction of sp³-hybridized carbons (Fsp3) is 0.448. The number of fused-ring (bicyclic) bond motifs is 3. The first kappa shape index (κ1) is 24.7. The summed E-state index contributed by atoms with van der Waals surface area (Å²) in [6.07, 6.45) is 7.19. The van der Waals surface area contributed by atoms with Crippen molar-refractivity contribution in [2.75, 3.05) is 32.1 Å². The standard InChI is InChI=1S/C29H34FN7O/c1-18-13-20(14-23-26(18)34-25-7-10-29(2,3)37(23)25)27-22(30)16-32-28(35-27)33-24-6-5-21(15-31-24)38-17-19-8-11-36(4)12-9-19/h5-6,13-16,19H,7-12,17H2,1-4H3,(H,31,32,33,35). The minimum Gasteiger partial charge on any atom is -0.492 e. The molecule has 4 aromatic rings. The Balaban J connectivity index is 1.20. The number of rotatable bonds is 6. The number of piperidine rings is 1. The first-order valence-electron chi connectivity index (χ1n) is 13.4. The summed E-state index contributed by atoms with van der Waals surface area (Å²) >= 11 is 0. The number of halogens is 1. The number of nitrogens with one attached hydrogen (secondary N) is 1. The van der Waals surface area contributed by atoms with Gasteiger partial charge in [-0.15, -0.1) is 0 Å². The Labute approximate surface area is 222 Å². The molecule has 0 unspecified atom stereocenters. The fourth-order valence-electron chi connectivity index (χ4n) is 5.63. The van der Waals surface area contributed by atoms with Gasteiger partial charge in [0.1, 0.15) is 23.1 Å². The Kier molecular flexibility index (Phi) is 6.26. The highest BCUT2D eigenvalue weighted by Crippen LogP contribution is 2.38. The van der Waals surface area contributed by atoms with Gasteiger partial charge < -0.3 is 19.5 Å². The van der Waals surface area contributed by atoms with Crippen LogP contribution in [-0.2, 0) is 12.0 Å². The van der Waals surface area contributed by atoms with Crippen LogP contribution >= 0.6 is 0 Å². The number of hydrogen-bond acceptors (Lipinski definition) is 7. The van der Waals surface area contributed by atoms with Crippen LogP contribution in [0.5, 0.6) is 5.75 Å². The molecule has 3 aromatic heterocycles. The molecule has 0 atom stereocenters. The maximum atomic E-state index is 15.0. The molecule has 6 rings (SSSR count). The summed E-state index contributed by atoms with van der Waals surface area (Å²) in [5.74, 6) is 2.77. The molecule has 1 N–H and O–H groups in total. The lowest BCUT2D eigenvalue weighted by molar-refractivity contribution is 0.160. The quantitative estimate of drug-likeness (QED) is 0.364. The third-order valence-electron chi connectivity index (χ3n) is 7.90. The summed E-state index contributed by atoms with van der Waals surface area (Å²) in [7, 11) is 2.16. The lowest BCUT2D eigenvalue weighted by atomic mass is 9.98. The average molecular weight is 516 g/mol. The van der Waals surface area contributed by atoms with Crippen LogP contribution in [0.25, 0.3) is 22.3 Å². The Morgan fingerprint density at radius 3 is 2.68 bits per heavy atom. The van der Waals surface area contributed by atoms with E-state index in [0.717, 1.165) is 66.9 Å². The SMILES string of the molecule is Cc1cc(-c2nc(Nc3ccc(OCC4CCN(C)CC4)cn3)ncc2F)cc2c1nc1n2C(C)(C)CC1. The zero-order chi connectivity index (χ0) is 26.4. The summed E-state index contributed by atoms with van der Waals surface area (Å²) in [6.45, 7) is 9.39. The molecule has 2 aliphatic heterocycles. The van der Waals surface area contributed by atoms with E-state index in [1.807, 2.05) is 31.2 Å². The molecule has 1 saturated heterocycles. The molecule has 1 fully saturated rings. The molecule has 8 nitrogen and oxygen atoms in total. The highest BCUT2D eigenvalue weighted by molar-refractivity contribution is 5.86. The van der Waals surface area contributed by atoms with Gasteiger partial charge in [0, 0.05) is 17.5 Å². The number of aryl methyl sites for hydroxylation is 2. The highest BCUT2D eigenvalue weighted by atomic mass is 19.1. The van der Waals surface area contributed by atoms with Crippen molar-refractivity contribution in [1.29, 1.82) is 0 Å². The molecular weight excluding hydrogens is 481 g/mol. The number of pyridine rings is 1. The second-order valence-electron chi connectivity index (χ2n) is 11.3. The van der Waals surface area contributed by atoms with Gasteiger partial charge >= 0.3 is 0 Å². The first-order chi connectivity index (χ1) is 18.3.